The van der Waals surface area contributed by atoms with Gasteiger partial charge in [0, 0.05) is 19.2 Å². The van der Waals surface area contributed by atoms with Gasteiger partial charge in [0.1, 0.15) is 4.88 Å². The maximum absolute atomic E-state index is 12.3. The van der Waals surface area contributed by atoms with Crippen LogP contribution in [0.3, 0.4) is 0 Å². The minimum atomic E-state index is -0.0602. The van der Waals surface area contributed by atoms with Gasteiger partial charge in [0.2, 0.25) is 5.89 Å². The molecule has 2 aromatic rings. The normalized spacial score (nSPS) is 10.9. The van der Waals surface area contributed by atoms with Crippen LogP contribution in [0.4, 0.5) is 0 Å². The molecular formula is C11H14N4O2S. The van der Waals surface area contributed by atoms with Crippen molar-refractivity contribution in [3.8, 4) is 0 Å². The van der Waals surface area contributed by atoms with Gasteiger partial charge >= 0.3 is 0 Å². The summed E-state index contributed by atoms with van der Waals surface area (Å²) < 4.78 is 8.85. The number of carbonyl (C=O) groups is 1. The number of rotatable bonds is 4. The Balaban J connectivity index is 2.16. The molecule has 0 spiro atoms. The van der Waals surface area contributed by atoms with Crippen LogP contribution in [0.15, 0.2) is 16.8 Å². The summed E-state index contributed by atoms with van der Waals surface area (Å²) in [6.07, 6.45) is 1.62. The molecule has 0 N–H and O–H groups in total. The standard InChI is InChI=1S/C11H14N4O2S/c1-7(2)15(6-10-13-8(3)17-14-10)11(16)9-4-5-12-18-9/h4-5,7H,6H2,1-3H3. The first kappa shape index (κ1) is 12.7. The van der Waals surface area contributed by atoms with Crippen LogP contribution in [0.25, 0.3) is 0 Å². The fourth-order valence-electron chi connectivity index (χ4n) is 1.51. The number of amides is 1. The maximum atomic E-state index is 12.3. The lowest BCUT2D eigenvalue weighted by Crippen LogP contribution is -2.36. The predicted molar refractivity (Wildman–Crippen MR) is 66.2 cm³/mol. The highest BCUT2D eigenvalue weighted by Crippen LogP contribution is 2.14. The van der Waals surface area contributed by atoms with Crippen LogP contribution in [0.1, 0.15) is 35.2 Å². The molecule has 0 aliphatic rings. The summed E-state index contributed by atoms with van der Waals surface area (Å²) in [5.41, 5.74) is 0. The molecule has 0 radical (unpaired) electrons. The number of nitrogens with zero attached hydrogens (tertiary/aromatic N) is 4. The first-order valence-electron chi connectivity index (χ1n) is 5.58. The molecule has 0 atom stereocenters. The highest BCUT2D eigenvalue weighted by atomic mass is 32.1. The molecule has 7 heteroatoms. The summed E-state index contributed by atoms with van der Waals surface area (Å²) in [6, 6.07) is 1.77. The monoisotopic (exact) mass is 266 g/mol. The number of hydrogen-bond donors (Lipinski definition) is 0. The van der Waals surface area contributed by atoms with Gasteiger partial charge in [0.05, 0.1) is 6.54 Å². The van der Waals surface area contributed by atoms with Crippen molar-refractivity contribution in [3.63, 3.8) is 0 Å². The van der Waals surface area contributed by atoms with Crippen LogP contribution in [-0.2, 0) is 6.54 Å². The third kappa shape index (κ3) is 2.73. The Morgan fingerprint density at radius 3 is 2.83 bits per heavy atom. The predicted octanol–water partition coefficient (Wildman–Crippen LogP) is 1.89. The quantitative estimate of drug-likeness (QED) is 0.845. The number of aryl methyl sites for hydroxylation is 1. The van der Waals surface area contributed by atoms with Crippen molar-refractivity contribution >= 4 is 17.4 Å². The fraction of sp³-hybridized carbons (Fsp3) is 0.455. The molecule has 0 fully saturated rings. The third-order valence-corrected chi connectivity index (χ3v) is 3.15. The minimum Gasteiger partial charge on any atom is -0.340 e. The van der Waals surface area contributed by atoms with Gasteiger partial charge in [0.25, 0.3) is 5.91 Å². The van der Waals surface area contributed by atoms with Crippen molar-refractivity contribution in [2.24, 2.45) is 0 Å². The highest BCUT2D eigenvalue weighted by Gasteiger charge is 2.22. The average molecular weight is 266 g/mol. The lowest BCUT2D eigenvalue weighted by atomic mass is 10.3. The molecule has 0 aliphatic heterocycles. The molecule has 6 nitrogen and oxygen atoms in total. The average Bonchev–Trinajstić information content (AvgIpc) is 2.95. The largest absolute Gasteiger partial charge is 0.340 e. The zero-order valence-electron chi connectivity index (χ0n) is 10.5. The zero-order chi connectivity index (χ0) is 13.1. The van der Waals surface area contributed by atoms with Gasteiger partial charge in [-0.2, -0.15) is 4.98 Å². The summed E-state index contributed by atoms with van der Waals surface area (Å²) >= 11 is 1.19. The van der Waals surface area contributed by atoms with Crippen LogP contribution in [0.2, 0.25) is 0 Å². The molecule has 1 amide bonds. The van der Waals surface area contributed by atoms with Gasteiger partial charge in [-0.05, 0) is 31.4 Å². The molecule has 2 aromatic heterocycles. The van der Waals surface area contributed by atoms with E-state index in [1.807, 2.05) is 13.8 Å². The van der Waals surface area contributed by atoms with E-state index >= 15 is 0 Å². The van der Waals surface area contributed by atoms with E-state index in [2.05, 4.69) is 14.5 Å². The van der Waals surface area contributed by atoms with Gasteiger partial charge in [-0.25, -0.2) is 4.37 Å². The van der Waals surface area contributed by atoms with E-state index in [1.54, 1.807) is 24.1 Å². The first-order chi connectivity index (χ1) is 8.58. The van der Waals surface area contributed by atoms with Crippen molar-refractivity contribution in [2.45, 2.75) is 33.4 Å². The molecule has 96 valence electrons. The lowest BCUT2D eigenvalue weighted by Gasteiger charge is -2.24. The Hall–Kier alpha value is -1.76. The zero-order valence-corrected chi connectivity index (χ0v) is 11.3. The van der Waals surface area contributed by atoms with Gasteiger partial charge in [-0.15, -0.1) is 0 Å². The molecule has 0 aromatic carbocycles. The fourth-order valence-corrected chi connectivity index (χ4v) is 2.07. The van der Waals surface area contributed by atoms with Crippen LogP contribution < -0.4 is 0 Å². The number of carbonyl (C=O) groups excluding carboxylic acids is 1. The van der Waals surface area contributed by atoms with E-state index < -0.39 is 0 Å². The summed E-state index contributed by atoms with van der Waals surface area (Å²) in [5, 5.41) is 3.81. The number of aromatic nitrogens is 3. The highest BCUT2D eigenvalue weighted by molar-refractivity contribution is 7.08. The van der Waals surface area contributed by atoms with Crippen molar-refractivity contribution < 1.29 is 9.32 Å². The summed E-state index contributed by atoms with van der Waals surface area (Å²) in [7, 11) is 0. The Kier molecular flexibility index (Phi) is 3.71. The second kappa shape index (κ2) is 5.26. The van der Waals surface area contributed by atoms with Gasteiger partial charge in [0.15, 0.2) is 5.82 Å². The molecule has 0 saturated heterocycles. The van der Waals surface area contributed by atoms with E-state index in [0.29, 0.717) is 23.1 Å². The molecule has 18 heavy (non-hydrogen) atoms. The topological polar surface area (TPSA) is 72.1 Å². The Morgan fingerprint density at radius 2 is 2.33 bits per heavy atom. The number of hydrogen-bond acceptors (Lipinski definition) is 6. The second-order valence-electron chi connectivity index (χ2n) is 4.13. The van der Waals surface area contributed by atoms with E-state index in [9.17, 15) is 4.79 Å². The van der Waals surface area contributed by atoms with Crippen molar-refractivity contribution in [1.29, 1.82) is 0 Å². The van der Waals surface area contributed by atoms with E-state index in [1.165, 1.54) is 11.5 Å². The molecule has 2 rings (SSSR count). The van der Waals surface area contributed by atoms with E-state index in [4.69, 9.17) is 4.52 Å². The SMILES string of the molecule is Cc1nc(CN(C(=O)c2ccns2)C(C)C)no1. The van der Waals surface area contributed by atoms with Crippen molar-refractivity contribution in [3.05, 3.63) is 28.9 Å². The first-order valence-corrected chi connectivity index (χ1v) is 6.36. The molecule has 0 bridgehead atoms. The van der Waals surface area contributed by atoms with E-state index in [-0.39, 0.29) is 11.9 Å². The second-order valence-corrected chi connectivity index (χ2v) is 4.97. The van der Waals surface area contributed by atoms with Crippen molar-refractivity contribution in [2.75, 3.05) is 0 Å². The molecule has 0 unspecified atom stereocenters. The molecular weight excluding hydrogens is 252 g/mol. The third-order valence-electron chi connectivity index (χ3n) is 2.41. The van der Waals surface area contributed by atoms with Gasteiger partial charge in [-0.3, -0.25) is 4.79 Å². The summed E-state index contributed by atoms with van der Waals surface area (Å²) in [6.45, 7) is 5.96. The molecule has 0 aliphatic carbocycles. The smallest absolute Gasteiger partial charge is 0.266 e. The van der Waals surface area contributed by atoms with Crippen LogP contribution in [0, 0.1) is 6.92 Å². The molecule has 2 heterocycles. The van der Waals surface area contributed by atoms with Crippen LogP contribution in [-0.4, -0.2) is 31.4 Å². The Labute approximate surface area is 109 Å². The minimum absolute atomic E-state index is 0.0541. The Bertz CT molecular complexity index is 521. The molecule has 0 saturated carbocycles. The lowest BCUT2D eigenvalue weighted by molar-refractivity contribution is 0.0688. The van der Waals surface area contributed by atoms with Crippen LogP contribution in [0.5, 0.6) is 0 Å². The van der Waals surface area contributed by atoms with Gasteiger partial charge in [-0.1, -0.05) is 5.16 Å². The summed E-state index contributed by atoms with van der Waals surface area (Å²) in [4.78, 5) is 18.7. The summed E-state index contributed by atoms with van der Waals surface area (Å²) in [5.74, 6) is 0.952. The Morgan fingerprint density at radius 1 is 1.56 bits per heavy atom. The maximum Gasteiger partial charge on any atom is 0.266 e. The van der Waals surface area contributed by atoms with Gasteiger partial charge < -0.3 is 9.42 Å². The van der Waals surface area contributed by atoms with E-state index in [0.717, 1.165) is 0 Å². The van der Waals surface area contributed by atoms with Crippen molar-refractivity contribution in [1.82, 2.24) is 19.4 Å². The van der Waals surface area contributed by atoms with Crippen LogP contribution >= 0.6 is 11.5 Å².